The summed E-state index contributed by atoms with van der Waals surface area (Å²) in [5.41, 5.74) is 7.39. The molecule has 3 N–H and O–H groups in total. The first-order chi connectivity index (χ1) is 8.58. The highest BCUT2D eigenvalue weighted by atomic mass is 32.1. The van der Waals surface area contributed by atoms with E-state index in [1.165, 1.54) is 4.88 Å². The van der Waals surface area contributed by atoms with Crippen LogP contribution >= 0.6 is 11.3 Å². The fraction of sp³-hybridized carbons (Fsp3) is 0.357. The summed E-state index contributed by atoms with van der Waals surface area (Å²) in [4.78, 5) is 5.81. The largest absolute Gasteiger partial charge is 0.397 e. The van der Waals surface area contributed by atoms with E-state index in [9.17, 15) is 0 Å². The van der Waals surface area contributed by atoms with E-state index in [0.717, 1.165) is 17.2 Å². The SMILES string of the molecule is Cc1nc(NC(c2cccs2)C(C)C)ccc1N. The van der Waals surface area contributed by atoms with Gasteiger partial charge in [-0.3, -0.25) is 0 Å². The lowest BCUT2D eigenvalue weighted by atomic mass is 10.0. The van der Waals surface area contributed by atoms with Gasteiger partial charge in [-0.05, 0) is 36.4 Å². The molecule has 4 heteroatoms. The average Bonchev–Trinajstić information content (AvgIpc) is 2.83. The highest BCUT2D eigenvalue weighted by Crippen LogP contribution is 2.29. The number of aryl methyl sites for hydroxylation is 1. The standard InChI is InChI=1S/C14H19N3S/c1-9(2)14(12-5-4-8-18-12)17-13-7-6-11(15)10(3)16-13/h4-9,14H,15H2,1-3H3,(H,16,17). The molecule has 0 spiro atoms. The highest BCUT2D eigenvalue weighted by Gasteiger charge is 2.17. The van der Waals surface area contributed by atoms with Crippen LogP contribution < -0.4 is 11.1 Å². The van der Waals surface area contributed by atoms with Crippen molar-refractivity contribution < 1.29 is 0 Å². The van der Waals surface area contributed by atoms with Crippen molar-refractivity contribution in [2.45, 2.75) is 26.8 Å². The van der Waals surface area contributed by atoms with Crippen LogP contribution in [0.15, 0.2) is 29.6 Å². The number of hydrogen-bond acceptors (Lipinski definition) is 4. The van der Waals surface area contributed by atoms with Crippen molar-refractivity contribution in [3.63, 3.8) is 0 Å². The van der Waals surface area contributed by atoms with Gasteiger partial charge in [-0.1, -0.05) is 19.9 Å². The zero-order chi connectivity index (χ0) is 13.1. The molecule has 0 bridgehead atoms. The zero-order valence-corrected chi connectivity index (χ0v) is 11.8. The highest BCUT2D eigenvalue weighted by molar-refractivity contribution is 7.10. The number of nitrogens with zero attached hydrogens (tertiary/aromatic N) is 1. The van der Waals surface area contributed by atoms with Crippen molar-refractivity contribution in [2.75, 3.05) is 11.1 Å². The molecule has 0 aliphatic carbocycles. The Labute approximate surface area is 112 Å². The Bertz CT molecular complexity index is 506. The van der Waals surface area contributed by atoms with Crippen LogP contribution in [0.25, 0.3) is 0 Å². The van der Waals surface area contributed by atoms with Gasteiger partial charge >= 0.3 is 0 Å². The normalized spacial score (nSPS) is 12.7. The van der Waals surface area contributed by atoms with E-state index >= 15 is 0 Å². The first-order valence-electron chi connectivity index (χ1n) is 6.11. The molecule has 0 saturated heterocycles. The Kier molecular flexibility index (Phi) is 3.87. The van der Waals surface area contributed by atoms with Crippen LogP contribution in [0.3, 0.4) is 0 Å². The predicted molar refractivity (Wildman–Crippen MR) is 78.9 cm³/mol. The smallest absolute Gasteiger partial charge is 0.126 e. The summed E-state index contributed by atoms with van der Waals surface area (Å²) in [6.07, 6.45) is 0. The maximum Gasteiger partial charge on any atom is 0.126 e. The molecule has 0 fully saturated rings. The number of nitrogens with two attached hydrogens (primary N) is 1. The molecule has 2 aromatic heterocycles. The number of rotatable bonds is 4. The van der Waals surface area contributed by atoms with Crippen molar-refractivity contribution >= 4 is 22.8 Å². The monoisotopic (exact) mass is 261 g/mol. The minimum atomic E-state index is 0.292. The van der Waals surface area contributed by atoms with Gasteiger partial charge in [0.05, 0.1) is 17.4 Å². The summed E-state index contributed by atoms with van der Waals surface area (Å²) in [6.45, 7) is 6.35. The van der Waals surface area contributed by atoms with Gasteiger partial charge in [0.25, 0.3) is 0 Å². The molecule has 0 aromatic carbocycles. The van der Waals surface area contributed by atoms with Crippen LogP contribution in [0.1, 0.15) is 30.5 Å². The van der Waals surface area contributed by atoms with E-state index in [0.29, 0.717) is 12.0 Å². The van der Waals surface area contributed by atoms with E-state index in [1.807, 2.05) is 19.1 Å². The van der Waals surface area contributed by atoms with Gasteiger partial charge in [0.2, 0.25) is 0 Å². The van der Waals surface area contributed by atoms with Crippen molar-refractivity contribution in [2.24, 2.45) is 5.92 Å². The molecule has 0 saturated carbocycles. The number of nitrogen functional groups attached to an aromatic ring is 1. The molecular weight excluding hydrogens is 242 g/mol. The molecule has 96 valence electrons. The van der Waals surface area contributed by atoms with E-state index in [4.69, 9.17) is 5.73 Å². The molecule has 0 aliphatic rings. The molecule has 1 atom stereocenters. The van der Waals surface area contributed by atoms with Crippen LogP contribution in [0, 0.1) is 12.8 Å². The van der Waals surface area contributed by atoms with Gasteiger partial charge in [-0.2, -0.15) is 0 Å². The summed E-state index contributed by atoms with van der Waals surface area (Å²) in [7, 11) is 0. The summed E-state index contributed by atoms with van der Waals surface area (Å²) in [6, 6.07) is 8.37. The first-order valence-corrected chi connectivity index (χ1v) is 6.99. The molecule has 3 nitrogen and oxygen atoms in total. The Hall–Kier alpha value is -1.55. The van der Waals surface area contributed by atoms with Crippen LogP contribution in [-0.4, -0.2) is 4.98 Å². The molecule has 2 heterocycles. The van der Waals surface area contributed by atoms with Gasteiger partial charge in [0.15, 0.2) is 0 Å². The Morgan fingerprint density at radius 3 is 2.61 bits per heavy atom. The van der Waals surface area contributed by atoms with E-state index in [2.05, 4.69) is 41.7 Å². The third-order valence-electron chi connectivity index (χ3n) is 2.95. The predicted octanol–water partition coefficient (Wildman–Crippen LogP) is 3.84. The number of nitrogens with one attached hydrogen (secondary N) is 1. The Morgan fingerprint density at radius 2 is 2.06 bits per heavy atom. The fourth-order valence-electron chi connectivity index (χ4n) is 1.85. The molecule has 0 amide bonds. The number of hydrogen-bond donors (Lipinski definition) is 2. The summed E-state index contributed by atoms with van der Waals surface area (Å²) in [5, 5.41) is 5.60. The topological polar surface area (TPSA) is 50.9 Å². The number of anilines is 2. The molecule has 2 aromatic rings. The second-order valence-electron chi connectivity index (χ2n) is 4.75. The van der Waals surface area contributed by atoms with E-state index in [1.54, 1.807) is 11.3 Å². The van der Waals surface area contributed by atoms with Gasteiger partial charge < -0.3 is 11.1 Å². The maximum absolute atomic E-state index is 5.79. The first kappa shape index (κ1) is 12.9. The molecule has 0 aliphatic heterocycles. The van der Waals surface area contributed by atoms with Crippen LogP contribution in [-0.2, 0) is 0 Å². The third-order valence-corrected chi connectivity index (χ3v) is 3.90. The number of thiophene rings is 1. The zero-order valence-electron chi connectivity index (χ0n) is 11.0. The molecule has 1 unspecified atom stereocenters. The summed E-state index contributed by atoms with van der Waals surface area (Å²) < 4.78 is 0. The van der Waals surface area contributed by atoms with Crippen LogP contribution in [0.5, 0.6) is 0 Å². The van der Waals surface area contributed by atoms with Crippen LogP contribution in [0.4, 0.5) is 11.5 Å². The second kappa shape index (κ2) is 5.40. The van der Waals surface area contributed by atoms with Crippen molar-refractivity contribution in [1.29, 1.82) is 0 Å². The van der Waals surface area contributed by atoms with Crippen molar-refractivity contribution in [3.8, 4) is 0 Å². The van der Waals surface area contributed by atoms with Crippen LogP contribution in [0.2, 0.25) is 0 Å². The minimum absolute atomic E-state index is 0.292. The quantitative estimate of drug-likeness (QED) is 0.879. The second-order valence-corrected chi connectivity index (χ2v) is 5.73. The molecular formula is C14H19N3S. The van der Waals surface area contributed by atoms with Gasteiger partial charge in [0, 0.05) is 4.88 Å². The summed E-state index contributed by atoms with van der Waals surface area (Å²) in [5.74, 6) is 1.39. The van der Waals surface area contributed by atoms with Gasteiger partial charge in [-0.25, -0.2) is 4.98 Å². The lowest BCUT2D eigenvalue weighted by molar-refractivity contribution is 0.552. The summed E-state index contributed by atoms with van der Waals surface area (Å²) >= 11 is 1.77. The Morgan fingerprint density at radius 1 is 1.28 bits per heavy atom. The van der Waals surface area contributed by atoms with Crippen molar-refractivity contribution in [3.05, 3.63) is 40.2 Å². The Balaban J connectivity index is 2.21. The average molecular weight is 261 g/mol. The number of aromatic nitrogens is 1. The third kappa shape index (κ3) is 2.82. The molecule has 2 rings (SSSR count). The molecule has 0 radical (unpaired) electrons. The van der Waals surface area contributed by atoms with Gasteiger partial charge in [-0.15, -0.1) is 11.3 Å². The minimum Gasteiger partial charge on any atom is -0.397 e. The van der Waals surface area contributed by atoms with Crippen molar-refractivity contribution in [1.82, 2.24) is 4.98 Å². The fourth-order valence-corrected chi connectivity index (χ4v) is 2.80. The lowest BCUT2D eigenvalue weighted by Gasteiger charge is -2.22. The van der Waals surface area contributed by atoms with Gasteiger partial charge in [0.1, 0.15) is 5.82 Å². The van der Waals surface area contributed by atoms with E-state index in [-0.39, 0.29) is 0 Å². The van der Waals surface area contributed by atoms with E-state index < -0.39 is 0 Å². The number of pyridine rings is 1. The molecule has 18 heavy (non-hydrogen) atoms. The maximum atomic E-state index is 5.79. The lowest BCUT2D eigenvalue weighted by Crippen LogP contribution is -2.16.